The number of amides is 1. The first-order valence-corrected chi connectivity index (χ1v) is 8.70. The van der Waals surface area contributed by atoms with Crippen LogP contribution in [0.25, 0.3) is 11.1 Å². The molecular formula is C21H22N2O4. The Hall–Kier alpha value is -2.88. The van der Waals surface area contributed by atoms with Crippen LogP contribution in [0.4, 0.5) is 0 Å². The smallest absolute Gasteiger partial charge is 0.249 e. The molecule has 3 atom stereocenters. The number of nitriles is 1. The van der Waals surface area contributed by atoms with Crippen molar-refractivity contribution < 1.29 is 19.4 Å². The zero-order chi connectivity index (χ0) is 19.4. The number of methoxy groups -OCH3 is 2. The van der Waals surface area contributed by atoms with Crippen LogP contribution in [-0.2, 0) is 9.53 Å². The van der Waals surface area contributed by atoms with Crippen LogP contribution in [0.15, 0.2) is 48.5 Å². The number of benzene rings is 2. The van der Waals surface area contributed by atoms with Crippen LogP contribution in [0.1, 0.15) is 11.5 Å². The van der Waals surface area contributed by atoms with Crippen LogP contribution in [0.5, 0.6) is 5.75 Å². The molecule has 1 saturated heterocycles. The van der Waals surface area contributed by atoms with E-state index < -0.39 is 12.1 Å². The fraction of sp³-hybridized carbons (Fsp3) is 0.333. The van der Waals surface area contributed by atoms with Crippen molar-refractivity contribution in [3.8, 4) is 22.9 Å². The second-order valence-corrected chi connectivity index (χ2v) is 6.40. The molecule has 3 rings (SSSR count). The number of ether oxygens (including phenoxy) is 2. The van der Waals surface area contributed by atoms with Crippen LogP contribution in [0.3, 0.4) is 0 Å². The van der Waals surface area contributed by atoms with Gasteiger partial charge in [0.2, 0.25) is 5.91 Å². The lowest BCUT2D eigenvalue weighted by atomic mass is 9.73. The topological polar surface area (TPSA) is 82.8 Å². The first kappa shape index (κ1) is 18.9. The number of nitrogens with zero attached hydrogens (tertiary/aromatic N) is 2. The van der Waals surface area contributed by atoms with Gasteiger partial charge in [-0.15, -0.1) is 0 Å². The third-order valence-electron chi connectivity index (χ3n) is 4.99. The standard InChI is InChI=1S/C21H22N2O4/c1-26-13-20(25)23-18(11-22)21(19(23)12-24)17-9-4-3-8-16(17)14-6-5-7-15(10-14)27-2/h3-10,18-19,21,24H,12-13H2,1-2H3/t18-,19+,21-/m1/s1. The highest BCUT2D eigenvalue weighted by Gasteiger charge is 2.52. The number of carbonyl (C=O) groups excluding carboxylic acids is 1. The van der Waals surface area contributed by atoms with Crippen LogP contribution in [-0.4, -0.2) is 55.4 Å². The maximum Gasteiger partial charge on any atom is 0.249 e. The molecule has 2 aromatic rings. The zero-order valence-electron chi connectivity index (χ0n) is 15.3. The molecule has 6 nitrogen and oxygen atoms in total. The van der Waals surface area contributed by atoms with Crippen molar-refractivity contribution in [2.24, 2.45) is 0 Å². The van der Waals surface area contributed by atoms with Gasteiger partial charge in [-0.25, -0.2) is 0 Å². The molecule has 1 aliphatic rings. The molecule has 0 radical (unpaired) electrons. The number of aliphatic hydroxyl groups is 1. The molecule has 0 bridgehead atoms. The maximum absolute atomic E-state index is 12.3. The van der Waals surface area contributed by atoms with Gasteiger partial charge in [-0.05, 0) is 28.8 Å². The fourth-order valence-electron chi connectivity index (χ4n) is 3.76. The molecule has 6 heteroatoms. The summed E-state index contributed by atoms with van der Waals surface area (Å²) >= 11 is 0. The van der Waals surface area contributed by atoms with E-state index in [1.54, 1.807) is 7.11 Å². The van der Waals surface area contributed by atoms with E-state index in [0.717, 1.165) is 22.4 Å². The van der Waals surface area contributed by atoms with Crippen LogP contribution in [0, 0.1) is 11.3 Å². The second-order valence-electron chi connectivity index (χ2n) is 6.40. The first-order chi connectivity index (χ1) is 13.2. The average molecular weight is 366 g/mol. The quantitative estimate of drug-likeness (QED) is 0.847. The molecule has 1 amide bonds. The van der Waals surface area contributed by atoms with Crippen LogP contribution < -0.4 is 4.74 Å². The second kappa shape index (κ2) is 8.21. The van der Waals surface area contributed by atoms with E-state index in [9.17, 15) is 15.2 Å². The van der Waals surface area contributed by atoms with E-state index in [-0.39, 0.29) is 25.0 Å². The minimum Gasteiger partial charge on any atom is -0.497 e. The maximum atomic E-state index is 12.3. The van der Waals surface area contributed by atoms with Gasteiger partial charge in [0.05, 0.1) is 25.8 Å². The summed E-state index contributed by atoms with van der Waals surface area (Å²) in [6.45, 7) is -0.330. The predicted molar refractivity (Wildman–Crippen MR) is 100 cm³/mol. The van der Waals surface area contributed by atoms with Crippen LogP contribution in [0.2, 0.25) is 0 Å². The summed E-state index contributed by atoms with van der Waals surface area (Å²) in [4.78, 5) is 13.7. The summed E-state index contributed by atoms with van der Waals surface area (Å²) in [6.07, 6.45) is 0. The van der Waals surface area contributed by atoms with Crippen molar-refractivity contribution in [2.45, 2.75) is 18.0 Å². The van der Waals surface area contributed by atoms with Crippen molar-refractivity contribution in [1.29, 1.82) is 5.26 Å². The molecule has 140 valence electrons. The highest BCUT2D eigenvalue weighted by molar-refractivity contribution is 5.81. The summed E-state index contributed by atoms with van der Waals surface area (Å²) in [6, 6.07) is 16.6. The predicted octanol–water partition coefficient (Wildman–Crippen LogP) is 2.19. The van der Waals surface area contributed by atoms with E-state index >= 15 is 0 Å². The summed E-state index contributed by atoms with van der Waals surface area (Å²) in [5.41, 5.74) is 2.84. The third kappa shape index (κ3) is 3.39. The third-order valence-corrected chi connectivity index (χ3v) is 4.99. The minimum atomic E-state index is -0.642. The van der Waals surface area contributed by atoms with Gasteiger partial charge in [-0.3, -0.25) is 4.79 Å². The Labute approximate surface area is 158 Å². The highest BCUT2D eigenvalue weighted by Crippen LogP contribution is 2.44. The number of likely N-dealkylation sites (tertiary alicyclic amines) is 1. The molecule has 0 unspecified atom stereocenters. The van der Waals surface area contributed by atoms with Crippen molar-refractivity contribution in [1.82, 2.24) is 4.90 Å². The highest BCUT2D eigenvalue weighted by atomic mass is 16.5. The Morgan fingerprint density at radius 2 is 2.00 bits per heavy atom. The van der Waals surface area contributed by atoms with E-state index in [1.807, 2.05) is 48.5 Å². The number of hydrogen-bond acceptors (Lipinski definition) is 5. The lowest BCUT2D eigenvalue weighted by Crippen LogP contribution is -2.66. The molecule has 1 heterocycles. The Bertz CT molecular complexity index is 861. The number of aliphatic hydroxyl groups excluding tert-OH is 1. The Kier molecular flexibility index (Phi) is 5.75. The molecule has 0 saturated carbocycles. The van der Waals surface area contributed by atoms with Gasteiger partial charge in [0, 0.05) is 13.0 Å². The molecule has 27 heavy (non-hydrogen) atoms. The zero-order valence-corrected chi connectivity index (χ0v) is 15.3. The largest absolute Gasteiger partial charge is 0.497 e. The van der Waals surface area contributed by atoms with Gasteiger partial charge in [-0.2, -0.15) is 5.26 Å². The van der Waals surface area contributed by atoms with Gasteiger partial charge >= 0.3 is 0 Å². The van der Waals surface area contributed by atoms with E-state index in [4.69, 9.17) is 9.47 Å². The molecule has 0 aromatic heterocycles. The molecule has 2 aromatic carbocycles. The van der Waals surface area contributed by atoms with Crippen molar-refractivity contribution in [3.05, 3.63) is 54.1 Å². The summed E-state index contributed by atoms with van der Waals surface area (Å²) < 4.78 is 10.2. The molecule has 0 aliphatic carbocycles. The molecular weight excluding hydrogens is 344 g/mol. The van der Waals surface area contributed by atoms with Gasteiger partial charge in [0.15, 0.2) is 0 Å². The lowest BCUT2D eigenvalue weighted by molar-refractivity contribution is -0.150. The molecule has 0 spiro atoms. The van der Waals surface area contributed by atoms with Gasteiger partial charge in [0.25, 0.3) is 0 Å². The van der Waals surface area contributed by atoms with E-state index in [2.05, 4.69) is 6.07 Å². The van der Waals surface area contributed by atoms with Gasteiger partial charge < -0.3 is 19.5 Å². The Balaban J connectivity index is 2.01. The van der Waals surface area contributed by atoms with Gasteiger partial charge in [0.1, 0.15) is 18.4 Å². The van der Waals surface area contributed by atoms with Crippen molar-refractivity contribution in [2.75, 3.05) is 27.4 Å². The van der Waals surface area contributed by atoms with Crippen molar-refractivity contribution in [3.63, 3.8) is 0 Å². The van der Waals surface area contributed by atoms with E-state index in [1.165, 1.54) is 12.0 Å². The lowest BCUT2D eigenvalue weighted by Gasteiger charge is -2.52. The monoisotopic (exact) mass is 366 g/mol. The average Bonchev–Trinajstić information content (AvgIpc) is 2.68. The summed E-state index contributed by atoms with van der Waals surface area (Å²) in [5, 5.41) is 19.6. The molecule has 1 aliphatic heterocycles. The minimum absolute atomic E-state index is 0.112. The van der Waals surface area contributed by atoms with Crippen LogP contribution >= 0.6 is 0 Å². The number of rotatable bonds is 6. The Morgan fingerprint density at radius 1 is 1.22 bits per heavy atom. The molecule has 1 N–H and O–H groups in total. The number of hydrogen-bond donors (Lipinski definition) is 1. The normalized spacial score (nSPS) is 21.3. The Morgan fingerprint density at radius 3 is 2.67 bits per heavy atom. The summed E-state index contributed by atoms with van der Waals surface area (Å²) in [7, 11) is 3.05. The van der Waals surface area contributed by atoms with Gasteiger partial charge in [-0.1, -0.05) is 36.4 Å². The van der Waals surface area contributed by atoms with Crippen molar-refractivity contribution >= 4 is 5.91 Å². The SMILES string of the molecule is COCC(=O)N1[C@H](C#N)[C@@H](c2ccccc2-c2cccc(OC)c2)[C@@H]1CO. The first-order valence-electron chi connectivity index (χ1n) is 8.70. The summed E-state index contributed by atoms with van der Waals surface area (Å²) in [5.74, 6) is 0.171. The molecule has 1 fully saturated rings. The fourth-order valence-corrected chi connectivity index (χ4v) is 3.76. The number of carbonyl (C=O) groups is 1. The van der Waals surface area contributed by atoms with E-state index in [0.29, 0.717) is 0 Å².